The average molecular weight is 389 g/mol. The molecule has 0 fully saturated rings. The second-order valence-electron chi connectivity index (χ2n) is 6.65. The lowest BCUT2D eigenvalue weighted by Crippen LogP contribution is -2.21. The standard InChI is InChI=1S/C24H28N4O/c1-4-27(5-2)20-14-12-19(13-15-20)26-24(29)23-18-22(16-17-25-23)28(6-3)21-10-8-7-9-11-21/h7-18H,4-6H2,1-3H3,(H,26,29). The molecule has 0 unspecified atom stereocenters. The van der Waals surface area contributed by atoms with Crippen LogP contribution in [0.5, 0.6) is 0 Å². The molecule has 1 amide bonds. The van der Waals surface area contributed by atoms with Gasteiger partial charge in [0.05, 0.1) is 0 Å². The molecule has 29 heavy (non-hydrogen) atoms. The van der Waals surface area contributed by atoms with Crippen molar-refractivity contribution >= 4 is 28.7 Å². The number of amides is 1. The number of hydrogen-bond donors (Lipinski definition) is 1. The lowest BCUT2D eigenvalue weighted by atomic mass is 10.2. The van der Waals surface area contributed by atoms with E-state index in [4.69, 9.17) is 0 Å². The number of nitrogens with zero attached hydrogens (tertiary/aromatic N) is 3. The van der Waals surface area contributed by atoms with Crippen LogP contribution in [0.15, 0.2) is 72.9 Å². The van der Waals surface area contributed by atoms with Crippen molar-refractivity contribution in [3.05, 3.63) is 78.6 Å². The van der Waals surface area contributed by atoms with Crippen molar-refractivity contribution in [2.75, 3.05) is 34.8 Å². The third-order valence-electron chi connectivity index (χ3n) is 4.93. The normalized spacial score (nSPS) is 10.4. The topological polar surface area (TPSA) is 48.5 Å². The Labute approximate surface area is 173 Å². The largest absolute Gasteiger partial charge is 0.372 e. The zero-order chi connectivity index (χ0) is 20.6. The fourth-order valence-corrected chi connectivity index (χ4v) is 3.37. The number of benzene rings is 2. The van der Waals surface area contributed by atoms with Gasteiger partial charge in [-0.05, 0) is 69.3 Å². The van der Waals surface area contributed by atoms with E-state index in [0.717, 1.165) is 42.4 Å². The zero-order valence-corrected chi connectivity index (χ0v) is 17.3. The lowest BCUT2D eigenvalue weighted by molar-refractivity contribution is 0.102. The monoisotopic (exact) mass is 388 g/mol. The Hall–Kier alpha value is -3.34. The van der Waals surface area contributed by atoms with Crippen molar-refractivity contribution in [3.63, 3.8) is 0 Å². The van der Waals surface area contributed by atoms with Crippen LogP contribution in [0, 0.1) is 0 Å². The lowest BCUT2D eigenvalue weighted by Gasteiger charge is -2.23. The molecule has 1 aromatic heterocycles. The molecule has 0 saturated heterocycles. The van der Waals surface area contributed by atoms with Crippen molar-refractivity contribution in [1.82, 2.24) is 4.98 Å². The summed E-state index contributed by atoms with van der Waals surface area (Å²) in [6.07, 6.45) is 1.68. The van der Waals surface area contributed by atoms with Gasteiger partial charge in [0.25, 0.3) is 5.91 Å². The highest BCUT2D eigenvalue weighted by Gasteiger charge is 2.13. The SMILES string of the molecule is CCN(CC)c1ccc(NC(=O)c2cc(N(CC)c3ccccc3)ccn2)cc1. The molecular weight excluding hydrogens is 360 g/mol. The van der Waals surface area contributed by atoms with Gasteiger partial charge in [0.1, 0.15) is 5.69 Å². The molecule has 3 aromatic rings. The maximum atomic E-state index is 12.7. The molecule has 1 heterocycles. The minimum atomic E-state index is -0.216. The molecule has 5 nitrogen and oxygen atoms in total. The number of nitrogens with one attached hydrogen (secondary N) is 1. The number of pyridine rings is 1. The first-order chi connectivity index (χ1) is 14.2. The summed E-state index contributed by atoms with van der Waals surface area (Å²) in [6, 6.07) is 21.8. The van der Waals surface area contributed by atoms with Crippen LogP contribution >= 0.6 is 0 Å². The van der Waals surface area contributed by atoms with Crippen LogP contribution in [0.3, 0.4) is 0 Å². The number of carbonyl (C=O) groups excluding carboxylic acids is 1. The Kier molecular flexibility index (Phi) is 6.85. The maximum absolute atomic E-state index is 12.7. The van der Waals surface area contributed by atoms with Crippen LogP contribution < -0.4 is 15.1 Å². The van der Waals surface area contributed by atoms with Crippen molar-refractivity contribution in [1.29, 1.82) is 0 Å². The first-order valence-corrected chi connectivity index (χ1v) is 10.1. The molecule has 0 aliphatic carbocycles. The van der Waals surface area contributed by atoms with Gasteiger partial charge in [-0.15, -0.1) is 0 Å². The molecule has 5 heteroatoms. The predicted octanol–water partition coefficient (Wildman–Crippen LogP) is 5.34. The van der Waals surface area contributed by atoms with Crippen molar-refractivity contribution in [2.45, 2.75) is 20.8 Å². The van der Waals surface area contributed by atoms with Crippen LogP contribution in [0.2, 0.25) is 0 Å². The average Bonchev–Trinajstić information content (AvgIpc) is 2.77. The number of para-hydroxylation sites is 1. The summed E-state index contributed by atoms with van der Waals surface area (Å²) in [4.78, 5) is 21.4. The minimum absolute atomic E-state index is 0.216. The highest BCUT2D eigenvalue weighted by atomic mass is 16.1. The number of rotatable bonds is 8. The highest BCUT2D eigenvalue weighted by molar-refractivity contribution is 6.03. The van der Waals surface area contributed by atoms with Gasteiger partial charge in [-0.25, -0.2) is 0 Å². The van der Waals surface area contributed by atoms with E-state index in [2.05, 4.69) is 53.0 Å². The molecule has 0 aliphatic rings. The van der Waals surface area contributed by atoms with E-state index in [9.17, 15) is 4.79 Å². The molecule has 3 rings (SSSR count). The third-order valence-corrected chi connectivity index (χ3v) is 4.93. The molecule has 0 radical (unpaired) electrons. The second-order valence-corrected chi connectivity index (χ2v) is 6.65. The number of carbonyl (C=O) groups is 1. The Bertz CT molecular complexity index is 921. The van der Waals surface area contributed by atoms with Crippen LogP contribution in [0.4, 0.5) is 22.7 Å². The van der Waals surface area contributed by atoms with Crippen molar-refractivity contribution in [3.8, 4) is 0 Å². The smallest absolute Gasteiger partial charge is 0.274 e. The van der Waals surface area contributed by atoms with Gasteiger partial charge in [-0.3, -0.25) is 9.78 Å². The fourth-order valence-electron chi connectivity index (χ4n) is 3.37. The van der Waals surface area contributed by atoms with E-state index in [1.165, 1.54) is 0 Å². The summed E-state index contributed by atoms with van der Waals surface area (Å²) in [5, 5.41) is 2.95. The van der Waals surface area contributed by atoms with Gasteiger partial charge in [0, 0.05) is 48.6 Å². The van der Waals surface area contributed by atoms with Crippen molar-refractivity contribution < 1.29 is 4.79 Å². The summed E-state index contributed by atoms with van der Waals surface area (Å²) >= 11 is 0. The zero-order valence-electron chi connectivity index (χ0n) is 17.3. The fraction of sp³-hybridized carbons (Fsp3) is 0.250. The number of anilines is 4. The Balaban J connectivity index is 1.76. The first-order valence-electron chi connectivity index (χ1n) is 10.1. The van der Waals surface area contributed by atoms with E-state index in [1.807, 2.05) is 54.6 Å². The van der Waals surface area contributed by atoms with Crippen LogP contribution in [0.1, 0.15) is 31.3 Å². The molecule has 0 saturated carbocycles. The van der Waals surface area contributed by atoms with Crippen LogP contribution in [-0.2, 0) is 0 Å². The quantitative estimate of drug-likeness (QED) is 0.566. The summed E-state index contributed by atoms with van der Waals surface area (Å²) in [7, 11) is 0. The summed E-state index contributed by atoms with van der Waals surface area (Å²) in [5.74, 6) is -0.216. The maximum Gasteiger partial charge on any atom is 0.274 e. The van der Waals surface area contributed by atoms with E-state index < -0.39 is 0 Å². The number of hydrogen-bond acceptors (Lipinski definition) is 4. The molecule has 0 atom stereocenters. The predicted molar refractivity (Wildman–Crippen MR) is 121 cm³/mol. The molecule has 0 bridgehead atoms. The summed E-state index contributed by atoms with van der Waals surface area (Å²) in [5.41, 5.74) is 4.32. The summed E-state index contributed by atoms with van der Waals surface area (Å²) in [6.45, 7) is 9.05. The molecular formula is C24H28N4O. The van der Waals surface area contributed by atoms with Gasteiger partial charge in [0.2, 0.25) is 0 Å². The van der Waals surface area contributed by atoms with Gasteiger partial charge in [0.15, 0.2) is 0 Å². The number of aromatic nitrogens is 1. The van der Waals surface area contributed by atoms with Gasteiger partial charge < -0.3 is 15.1 Å². The molecule has 1 N–H and O–H groups in total. The highest BCUT2D eigenvalue weighted by Crippen LogP contribution is 2.25. The second kappa shape index (κ2) is 9.73. The van der Waals surface area contributed by atoms with Gasteiger partial charge in [-0.2, -0.15) is 0 Å². The summed E-state index contributed by atoms with van der Waals surface area (Å²) < 4.78 is 0. The minimum Gasteiger partial charge on any atom is -0.372 e. The first kappa shape index (κ1) is 20.4. The van der Waals surface area contributed by atoms with E-state index >= 15 is 0 Å². The van der Waals surface area contributed by atoms with E-state index in [-0.39, 0.29) is 5.91 Å². The Morgan fingerprint density at radius 1 is 0.828 bits per heavy atom. The molecule has 2 aromatic carbocycles. The van der Waals surface area contributed by atoms with Crippen molar-refractivity contribution in [2.24, 2.45) is 0 Å². The Morgan fingerprint density at radius 2 is 1.52 bits per heavy atom. The van der Waals surface area contributed by atoms with Crippen LogP contribution in [-0.4, -0.2) is 30.5 Å². The van der Waals surface area contributed by atoms with E-state index in [1.54, 1.807) is 6.20 Å². The molecule has 0 spiro atoms. The molecule has 150 valence electrons. The van der Waals surface area contributed by atoms with Gasteiger partial charge in [-0.1, -0.05) is 18.2 Å². The molecule has 0 aliphatic heterocycles. The Morgan fingerprint density at radius 3 is 2.14 bits per heavy atom. The third kappa shape index (κ3) is 4.93. The van der Waals surface area contributed by atoms with E-state index in [0.29, 0.717) is 5.69 Å². The van der Waals surface area contributed by atoms with Crippen LogP contribution in [0.25, 0.3) is 0 Å². The van der Waals surface area contributed by atoms with Gasteiger partial charge >= 0.3 is 0 Å².